The molecular weight excluding hydrogens is 145 g/mol. The van der Waals surface area contributed by atoms with Gasteiger partial charge in [0.05, 0.1) is 0 Å². The molecule has 0 unspecified atom stereocenters. The van der Waals surface area contributed by atoms with Crippen LogP contribution in [-0.4, -0.2) is 20.4 Å². The minimum Gasteiger partial charge on any atom is -0.146 e. The van der Waals surface area contributed by atoms with Crippen molar-refractivity contribution in [2.75, 3.05) is 0 Å². The van der Waals surface area contributed by atoms with E-state index >= 15 is 0 Å². The van der Waals surface area contributed by atoms with Crippen LogP contribution in [-0.2, 0) is 0 Å². The van der Waals surface area contributed by atoms with E-state index in [0.717, 1.165) is 0 Å². The van der Waals surface area contributed by atoms with Gasteiger partial charge in [-0.05, 0) is 0 Å². The molecule has 0 N–H and O–H groups in total. The zero-order chi connectivity index (χ0) is 9.78. The quantitative estimate of drug-likeness (QED) is 0.330. The van der Waals surface area contributed by atoms with Crippen LogP contribution in [0.15, 0.2) is 0 Å². The van der Waals surface area contributed by atoms with Crippen molar-refractivity contribution in [3.05, 3.63) is 0 Å². The van der Waals surface area contributed by atoms with Crippen LogP contribution in [0.5, 0.6) is 0 Å². The van der Waals surface area contributed by atoms with Crippen LogP contribution < -0.4 is 0 Å². The summed E-state index contributed by atoms with van der Waals surface area (Å²) < 4.78 is 3.23. The summed E-state index contributed by atoms with van der Waals surface area (Å²) >= 11 is 0.355. The third-order valence-electron chi connectivity index (χ3n) is 2.71. The Kier molecular flexibility index (Phi) is 13.5. The molecule has 0 amide bonds. The first-order valence-electron chi connectivity index (χ1n) is 6.41. The van der Waals surface area contributed by atoms with E-state index < -0.39 is 0 Å². The lowest BCUT2D eigenvalue weighted by Gasteiger charge is -1.99. The van der Waals surface area contributed by atoms with Gasteiger partial charge in [0, 0.05) is 0 Å². The van der Waals surface area contributed by atoms with Gasteiger partial charge >= 0.3 is 20.4 Å². The summed E-state index contributed by atoms with van der Waals surface area (Å²) in [6.45, 7) is 4.59. The summed E-state index contributed by atoms with van der Waals surface area (Å²) in [6, 6.07) is 0. The van der Waals surface area contributed by atoms with Crippen molar-refractivity contribution in [3.63, 3.8) is 0 Å². The van der Waals surface area contributed by atoms with E-state index in [9.17, 15) is 0 Å². The van der Waals surface area contributed by atoms with Gasteiger partial charge in [0.25, 0.3) is 0 Å². The van der Waals surface area contributed by atoms with Gasteiger partial charge in [-0.1, -0.05) is 65.2 Å². The highest BCUT2D eigenvalue weighted by atomic mass is 13.8. The number of hydrogen-bond acceptors (Lipinski definition) is 0. The molecule has 0 rings (SSSR count). The lowest BCUT2D eigenvalue weighted by molar-refractivity contribution is 0.689. The predicted molar refractivity (Wildman–Crippen MR) is 63.7 cm³/mol. The topological polar surface area (TPSA) is 0 Å². The summed E-state index contributed by atoms with van der Waals surface area (Å²) in [7, 11) is 0. The monoisotopic (exact) mass is 171 g/mol. The Morgan fingerprint density at radius 3 is 1.46 bits per heavy atom. The van der Waals surface area contributed by atoms with E-state index in [2.05, 4.69) is 13.8 Å². The van der Waals surface area contributed by atoms with Crippen LogP contribution >= 0.6 is 0 Å². The van der Waals surface area contributed by atoms with Crippen molar-refractivity contribution in [2.24, 2.45) is 0 Å². The van der Waals surface area contributed by atoms with Crippen LogP contribution in [0.2, 0.25) is 9.10 Å². The SMILES string of the molecule is CCCCC[CH2][1Mg][CH2]CCCCC. The Balaban J connectivity index is 2.76. The van der Waals surface area contributed by atoms with E-state index in [1.54, 1.807) is 9.10 Å². The highest BCUT2D eigenvalue weighted by Crippen LogP contribution is 2.06. The maximum absolute atomic E-state index is 2.29. The summed E-state index contributed by atoms with van der Waals surface area (Å²) in [5, 5.41) is 0. The first-order chi connectivity index (χ1) is 6.41. The number of rotatable bonds is 10. The smallest absolute Gasteiger partial charge is 0.146 e. The first-order valence-corrected chi connectivity index (χ1v) is 8.41. The molecule has 0 aliphatic heterocycles. The molecule has 76 valence electrons. The summed E-state index contributed by atoms with van der Waals surface area (Å²) in [4.78, 5) is 0. The molecule has 0 radical (unpaired) electrons. The lowest BCUT2D eigenvalue weighted by Crippen LogP contribution is -1.89. The minimum absolute atomic E-state index is 0.355. The van der Waals surface area contributed by atoms with E-state index in [4.69, 9.17) is 0 Å². The average Bonchev–Trinajstić information content (AvgIpc) is 2.16. The highest BCUT2D eigenvalue weighted by molar-refractivity contribution is 6.35. The third kappa shape index (κ3) is 12.8. The van der Waals surface area contributed by atoms with Gasteiger partial charge in [0.2, 0.25) is 0 Å². The van der Waals surface area contributed by atoms with E-state index in [-0.39, 0.29) is 0 Å². The standard InChI is InChI=1S/2C6H13.Mg/c2*1-3-5-6-4-2;/h2*1,3-6H2,2H3;/i;;1-23. The van der Waals surface area contributed by atoms with Crippen molar-refractivity contribution in [1.29, 1.82) is 0 Å². The van der Waals surface area contributed by atoms with Crippen molar-refractivity contribution >= 4 is 20.4 Å². The fourth-order valence-electron chi connectivity index (χ4n) is 1.74. The molecule has 0 heterocycles. The highest BCUT2D eigenvalue weighted by Gasteiger charge is 1.95. The van der Waals surface area contributed by atoms with Gasteiger partial charge < -0.3 is 0 Å². The second-order valence-corrected chi connectivity index (χ2v) is 6.30. The normalized spacial score (nSPS) is 10.0. The second kappa shape index (κ2) is 12.8. The molecule has 0 spiro atoms. The van der Waals surface area contributed by atoms with Crippen molar-refractivity contribution in [1.82, 2.24) is 0 Å². The largest absolute Gasteiger partial charge is 0.364 e. The Labute approximate surface area is 94.6 Å². The molecule has 0 aliphatic rings. The van der Waals surface area contributed by atoms with Crippen LogP contribution in [0.25, 0.3) is 0 Å². The van der Waals surface area contributed by atoms with Gasteiger partial charge in [0.15, 0.2) is 0 Å². The van der Waals surface area contributed by atoms with Crippen molar-refractivity contribution < 1.29 is 0 Å². The zero-order valence-electron chi connectivity index (χ0n) is 9.78. The molecule has 0 bridgehead atoms. The Hall–Kier alpha value is 0.766. The molecule has 0 atom stereocenters. The summed E-state index contributed by atoms with van der Waals surface area (Å²) in [5.74, 6) is 0. The fraction of sp³-hybridized carbons (Fsp3) is 1.00. The molecule has 1 heteroatoms. The fourth-order valence-corrected chi connectivity index (χ4v) is 3.51. The Bertz CT molecular complexity index is 71.2. The van der Waals surface area contributed by atoms with E-state index in [1.807, 2.05) is 0 Å². The lowest BCUT2D eigenvalue weighted by atomic mass is 0.820. The van der Waals surface area contributed by atoms with Gasteiger partial charge in [-0.15, -0.1) is 9.10 Å². The van der Waals surface area contributed by atoms with Gasteiger partial charge in [0.1, 0.15) is 0 Å². The summed E-state index contributed by atoms with van der Waals surface area (Å²) in [6.07, 6.45) is 11.8. The van der Waals surface area contributed by atoms with Crippen LogP contribution in [0, 0.1) is 0 Å². The Morgan fingerprint density at radius 1 is 0.615 bits per heavy atom. The molecule has 0 aromatic heterocycles. The van der Waals surface area contributed by atoms with E-state index in [1.165, 1.54) is 51.4 Å². The minimum atomic E-state index is 0.355. The van der Waals surface area contributed by atoms with Gasteiger partial charge in [-0.25, -0.2) is 0 Å². The average molecular weight is 171 g/mol. The number of hydrogen-bond donors (Lipinski definition) is 0. The molecule has 0 fully saturated rings. The van der Waals surface area contributed by atoms with Crippen LogP contribution in [0.1, 0.15) is 65.2 Å². The number of unbranched alkanes of at least 4 members (excludes halogenated alkanes) is 6. The Morgan fingerprint density at radius 2 is 1.08 bits per heavy atom. The molecule has 0 aliphatic carbocycles. The summed E-state index contributed by atoms with van der Waals surface area (Å²) in [5.41, 5.74) is 0. The van der Waals surface area contributed by atoms with Gasteiger partial charge in [-0.3, -0.25) is 0 Å². The molecular formula is C12H26Mg. The second-order valence-electron chi connectivity index (χ2n) is 4.18. The predicted octanol–water partition coefficient (Wildman–Crippen LogP) is 4.69. The van der Waals surface area contributed by atoms with Crippen molar-refractivity contribution in [2.45, 2.75) is 74.3 Å². The van der Waals surface area contributed by atoms with Crippen LogP contribution in [0.4, 0.5) is 0 Å². The van der Waals surface area contributed by atoms with Gasteiger partial charge in [-0.2, -0.15) is 0 Å². The maximum atomic E-state index is 2.29. The zero-order valence-corrected chi connectivity index (χ0v) is 11.2. The van der Waals surface area contributed by atoms with Crippen molar-refractivity contribution in [3.8, 4) is 0 Å². The molecule has 0 saturated carbocycles. The molecule has 0 nitrogen and oxygen atoms in total. The maximum Gasteiger partial charge on any atom is 0.364 e. The molecule has 13 heavy (non-hydrogen) atoms. The molecule has 0 aromatic rings. The molecule has 0 aromatic carbocycles. The van der Waals surface area contributed by atoms with E-state index in [0.29, 0.717) is 20.4 Å². The molecule has 0 saturated heterocycles. The first kappa shape index (κ1) is 13.8. The third-order valence-corrected chi connectivity index (χ3v) is 4.71. The van der Waals surface area contributed by atoms with Crippen LogP contribution in [0.3, 0.4) is 0 Å².